The predicted octanol–water partition coefficient (Wildman–Crippen LogP) is 1.49. The lowest BCUT2D eigenvalue weighted by atomic mass is 10.1. The fourth-order valence-electron chi connectivity index (χ4n) is 2.21. The zero-order chi connectivity index (χ0) is 11.5. The van der Waals surface area contributed by atoms with Gasteiger partial charge in [0.2, 0.25) is 0 Å². The molecule has 0 radical (unpaired) electrons. The van der Waals surface area contributed by atoms with Gasteiger partial charge in [-0.3, -0.25) is 5.10 Å². The maximum Gasteiger partial charge on any atom is 0.0565 e. The number of aromatic amines is 1. The summed E-state index contributed by atoms with van der Waals surface area (Å²) in [5.74, 6) is 0. The van der Waals surface area contributed by atoms with Gasteiger partial charge in [0.25, 0.3) is 0 Å². The van der Waals surface area contributed by atoms with Crippen LogP contribution in [0.1, 0.15) is 0 Å². The van der Waals surface area contributed by atoms with E-state index in [9.17, 15) is 0 Å². The van der Waals surface area contributed by atoms with Gasteiger partial charge < -0.3 is 10.2 Å². The van der Waals surface area contributed by atoms with Crippen molar-refractivity contribution >= 4 is 5.69 Å². The topological polar surface area (TPSA) is 44.0 Å². The third-order valence-electron chi connectivity index (χ3n) is 3.16. The Balaban J connectivity index is 1.88. The molecule has 0 bridgehead atoms. The maximum absolute atomic E-state index is 3.99. The van der Waals surface area contributed by atoms with Gasteiger partial charge in [-0.05, 0) is 17.7 Å². The highest BCUT2D eigenvalue weighted by Crippen LogP contribution is 2.23. The van der Waals surface area contributed by atoms with Crippen molar-refractivity contribution in [3.8, 4) is 11.1 Å². The Morgan fingerprint density at radius 2 is 2.00 bits per heavy atom. The van der Waals surface area contributed by atoms with Crippen molar-refractivity contribution in [3.63, 3.8) is 0 Å². The fourth-order valence-corrected chi connectivity index (χ4v) is 2.21. The number of nitrogens with one attached hydrogen (secondary N) is 2. The smallest absolute Gasteiger partial charge is 0.0565 e. The summed E-state index contributed by atoms with van der Waals surface area (Å²) >= 11 is 0. The standard InChI is InChI=1S/C13H16N4/c1-2-11(12-9-15-16-10-12)8-13(3-1)17-6-4-14-5-7-17/h1-3,8-10,14H,4-7H2,(H,15,16). The molecule has 1 aromatic heterocycles. The number of piperazine rings is 1. The molecule has 4 nitrogen and oxygen atoms in total. The normalized spacial score (nSPS) is 16.1. The van der Waals surface area contributed by atoms with E-state index in [0.717, 1.165) is 31.7 Å². The van der Waals surface area contributed by atoms with E-state index in [1.54, 1.807) is 0 Å². The minimum Gasteiger partial charge on any atom is -0.369 e. The summed E-state index contributed by atoms with van der Waals surface area (Å²) in [5.41, 5.74) is 3.65. The van der Waals surface area contributed by atoms with Crippen LogP contribution in [0.2, 0.25) is 0 Å². The number of rotatable bonds is 2. The van der Waals surface area contributed by atoms with Crippen molar-refractivity contribution in [1.82, 2.24) is 15.5 Å². The molecule has 0 aliphatic carbocycles. The molecule has 0 saturated carbocycles. The van der Waals surface area contributed by atoms with E-state index in [-0.39, 0.29) is 0 Å². The molecular weight excluding hydrogens is 212 g/mol. The molecule has 0 unspecified atom stereocenters. The molecule has 0 amide bonds. The van der Waals surface area contributed by atoms with Crippen molar-refractivity contribution in [1.29, 1.82) is 0 Å². The van der Waals surface area contributed by atoms with Gasteiger partial charge in [0, 0.05) is 43.6 Å². The Labute approximate surface area is 101 Å². The van der Waals surface area contributed by atoms with Crippen LogP contribution in [0.4, 0.5) is 5.69 Å². The second kappa shape index (κ2) is 4.59. The van der Waals surface area contributed by atoms with Gasteiger partial charge in [-0.2, -0.15) is 5.10 Å². The molecular formula is C13H16N4. The summed E-state index contributed by atoms with van der Waals surface area (Å²) in [7, 11) is 0. The molecule has 1 saturated heterocycles. The Kier molecular flexibility index (Phi) is 2.80. The Hall–Kier alpha value is -1.81. The predicted molar refractivity (Wildman–Crippen MR) is 69.1 cm³/mol. The van der Waals surface area contributed by atoms with Crippen molar-refractivity contribution in [3.05, 3.63) is 36.7 Å². The first-order chi connectivity index (χ1) is 8.43. The van der Waals surface area contributed by atoms with E-state index in [2.05, 4.69) is 44.7 Å². The first kappa shape index (κ1) is 10.4. The summed E-state index contributed by atoms with van der Waals surface area (Å²) in [5, 5.41) is 10.2. The number of aromatic nitrogens is 2. The monoisotopic (exact) mass is 228 g/mol. The third-order valence-corrected chi connectivity index (χ3v) is 3.16. The van der Waals surface area contributed by atoms with Crippen LogP contribution in [0, 0.1) is 0 Å². The highest BCUT2D eigenvalue weighted by atomic mass is 15.2. The number of hydrogen-bond donors (Lipinski definition) is 2. The molecule has 1 aliphatic rings. The molecule has 2 N–H and O–H groups in total. The maximum atomic E-state index is 3.99. The molecule has 0 atom stereocenters. The SMILES string of the molecule is c1cc(-c2cn[nH]c2)cc(N2CCNCC2)c1. The summed E-state index contributed by atoms with van der Waals surface area (Å²) in [6, 6.07) is 8.64. The Morgan fingerprint density at radius 1 is 1.12 bits per heavy atom. The van der Waals surface area contributed by atoms with Gasteiger partial charge >= 0.3 is 0 Å². The van der Waals surface area contributed by atoms with E-state index in [1.165, 1.54) is 11.3 Å². The van der Waals surface area contributed by atoms with Crippen molar-refractivity contribution in [2.75, 3.05) is 31.1 Å². The number of hydrogen-bond acceptors (Lipinski definition) is 3. The fraction of sp³-hybridized carbons (Fsp3) is 0.308. The molecule has 4 heteroatoms. The minimum absolute atomic E-state index is 1.07. The van der Waals surface area contributed by atoms with Crippen LogP contribution in [0.5, 0.6) is 0 Å². The lowest BCUT2D eigenvalue weighted by Gasteiger charge is -2.29. The van der Waals surface area contributed by atoms with Crippen LogP contribution in [0.25, 0.3) is 11.1 Å². The van der Waals surface area contributed by atoms with Gasteiger partial charge in [0.1, 0.15) is 0 Å². The summed E-state index contributed by atoms with van der Waals surface area (Å²) in [6.07, 6.45) is 3.79. The summed E-state index contributed by atoms with van der Waals surface area (Å²) in [4.78, 5) is 2.42. The van der Waals surface area contributed by atoms with Crippen molar-refractivity contribution in [2.45, 2.75) is 0 Å². The molecule has 88 valence electrons. The zero-order valence-corrected chi connectivity index (χ0v) is 9.69. The molecule has 1 aromatic carbocycles. The number of anilines is 1. The van der Waals surface area contributed by atoms with Crippen LogP contribution >= 0.6 is 0 Å². The van der Waals surface area contributed by atoms with Gasteiger partial charge in [0.15, 0.2) is 0 Å². The van der Waals surface area contributed by atoms with Gasteiger partial charge in [-0.1, -0.05) is 12.1 Å². The minimum atomic E-state index is 1.07. The Morgan fingerprint density at radius 3 is 2.76 bits per heavy atom. The second-order valence-corrected chi connectivity index (χ2v) is 4.27. The molecule has 2 aromatic rings. The Bertz CT molecular complexity index is 472. The summed E-state index contributed by atoms with van der Waals surface area (Å²) in [6.45, 7) is 4.29. The van der Waals surface area contributed by atoms with Gasteiger partial charge in [-0.25, -0.2) is 0 Å². The van der Waals surface area contributed by atoms with E-state index < -0.39 is 0 Å². The number of benzene rings is 1. The number of H-pyrrole nitrogens is 1. The van der Waals surface area contributed by atoms with Gasteiger partial charge in [0.05, 0.1) is 6.20 Å². The molecule has 17 heavy (non-hydrogen) atoms. The quantitative estimate of drug-likeness (QED) is 0.818. The van der Waals surface area contributed by atoms with Crippen molar-refractivity contribution in [2.24, 2.45) is 0 Å². The zero-order valence-electron chi connectivity index (χ0n) is 9.69. The third kappa shape index (κ3) is 2.17. The van der Waals surface area contributed by atoms with Crippen LogP contribution in [0.3, 0.4) is 0 Å². The first-order valence-corrected chi connectivity index (χ1v) is 5.98. The molecule has 0 spiro atoms. The lowest BCUT2D eigenvalue weighted by molar-refractivity contribution is 0.589. The first-order valence-electron chi connectivity index (χ1n) is 5.98. The van der Waals surface area contributed by atoms with Gasteiger partial charge in [-0.15, -0.1) is 0 Å². The average molecular weight is 228 g/mol. The van der Waals surface area contributed by atoms with Crippen molar-refractivity contribution < 1.29 is 0 Å². The summed E-state index contributed by atoms with van der Waals surface area (Å²) < 4.78 is 0. The van der Waals surface area contributed by atoms with Crippen LogP contribution in [-0.2, 0) is 0 Å². The van der Waals surface area contributed by atoms with E-state index in [0.29, 0.717) is 0 Å². The largest absolute Gasteiger partial charge is 0.369 e. The van der Waals surface area contributed by atoms with E-state index >= 15 is 0 Å². The molecule has 3 rings (SSSR count). The van der Waals surface area contributed by atoms with Crippen LogP contribution in [-0.4, -0.2) is 36.4 Å². The van der Waals surface area contributed by atoms with E-state index in [1.807, 2.05) is 12.4 Å². The number of nitrogens with zero attached hydrogens (tertiary/aromatic N) is 2. The van der Waals surface area contributed by atoms with E-state index in [4.69, 9.17) is 0 Å². The molecule has 1 fully saturated rings. The van der Waals surface area contributed by atoms with Crippen LogP contribution < -0.4 is 10.2 Å². The molecule has 1 aliphatic heterocycles. The highest BCUT2D eigenvalue weighted by Gasteiger charge is 2.10. The lowest BCUT2D eigenvalue weighted by Crippen LogP contribution is -2.43. The highest BCUT2D eigenvalue weighted by molar-refractivity contribution is 5.67. The van der Waals surface area contributed by atoms with Crippen LogP contribution in [0.15, 0.2) is 36.7 Å². The average Bonchev–Trinajstić information content (AvgIpc) is 2.94. The second-order valence-electron chi connectivity index (χ2n) is 4.27. The molecule has 2 heterocycles.